The topological polar surface area (TPSA) is 88.3 Å². The van der Waals surface area contributed by atoms with E-state index in [2.05, 4.69) is 41.1 Å². The molecule has 0 bridgehead atoms. The molecule has 0 radical (unpaired) electrons. The van der Waals surface area contributed by atoms with Gasteiger partial charge in [0.15, 0.2) is 5.78 Å². The van der Waals surface area contributed by atoms with Gasteiger partial charge in [0.25, 0.3) is 0 Å². The number of hydrogen-bond acceptors (Lipinski definition) is 6. The van der Waals surface area contributed by atoms with Crippen LogP contribution in [0.3, 0.4) is 0 Å². The molecule has 7 heteroatoms. The van der Waals surface area contributed by atoms with Gasteiger partial charge in [0.2, 0.25) is 17.6 Å². The molecule has 1 N–H and O–H groups in total. The molecule has 0 aliphatic carbocycles. The minimum atomic E-state index is -0.0919. The van der Waals surface area contributed by atoms with E-state index in [1.54, 1.807) is 12.1 Å². The average molecular weight is 537 g/mol. The Morgan fingerprint density at radius 1 is 0.950 bits per heavy atom. The van der Waals surface area contributed by atoms with Gasteiger partial charge in [-0.15, -0.1) is 0 Å². The molecule has 0 saturated carbocycles. The van der Waals surface area contributed by atoms with Gasteiger partial charge in [-0.05, 0) is 61.5 Å². The van der Waals surface area contributed by atoms with Crippen LogP contribution < -0.4 is 5.32 Å². The number of piperidine rings is 1. The first-order valence-electron chi connectivity index (χ1n) is 13.8. The molecule has 4 aromatic rings. The van der Waals surface area contributed by atoms with Crippen molar-refractivity contribution in [1.29, 1.82) is 0 Å². The largest absolute Gasteiger partial charge is 0.338 e. The number of hydrogen-bond donors (Lipinski definition) is 1. The van der Waals surface area contributed by atoms with Crippen LogP contribution in [0.5, 0.6) is 0 Å². The number of nitrogens with zero attached hydrogens (tertiary/aromatic N) is 3. The number of carbonyl (C=O) groups excluding carboxylic acids is 2. The highest BCUT2D eigenvalue weighted by Crippen LogP contribution is 2.25. The van der Waals surface area contributed by atoms with E-state index in [4.69, 9.17) is 4.52 Å². The molecule has 1 aliphatic rings. The van der Waals surface area contributed by atoms with Crippen molar-refractivity contribution in [3.05, 3.63) is 101 Å². The Bertz CT molecular complexity index is 1490. The van der Waals surface area contributed by atoms with E-state index in [-0.39, 0.29) is 23.0 Å². The lowest BCUT2D eigenvalue weighted by Crippen LogP contribution is -2.37. The van der Waals surface area contributed by atoms with E-state index < -0.39 is 0 Å². The number of nitrogens with one attached hydrogen (secondary N) is 1. The van der Waals surface area contributed by atoms with E-state index in [0.29, 0.717) is 35.1 Å². The summed E-state index contributed by atoms with van der Waals surface area (Å²) in [4.78, 5) is 33.0. The Morgan fingerprint density at radius 3 is 2.38 bits per heavy atom. The number of likely N-dealkylation sites (tertiary alicyclic amines) is 1. The second kappa shape index (κ2) is 11.6. The van der Waals surface area contributed by atoms with Crippen LogP contribution in [-0.4, -0.2) is 39.8 Å². The molecule has 0 spiro atoms. The monoisotopic (exact) mass is 536 g/mol. The van der Waals surface area contributed by atoms with Crippen molar-refractivity contribution in [1.82, 2.24) is 15.0 Å². The zero-order valence-corrected chi connectivity index (χ0v) is 23.6. The lowest BCUT2D eigenvalue weighted by molar-refractivity contribution is -0.121. The van der Waals surface area contributed by atoms with E-state index >= 15 is 0 Å². The maximum atomic E-state index is 13.1. The fourth-order valence-electron chi connectivity index (χ4n) is 5.07. The third kappa shape index (κ3) is 6.37. The molecular weight excluding hydrogens is 500 g/mol. The number of amides is 1. The van der Waals surface area contributed by atoms with Crippen LogP contribution in [0.25, 0.3) is 11.4 Å². The van der Waals surface area contributed by atoms with E-state index in [1.807, 2.05) is 67.6 Å². The van der Waals surface area contributed by atoms with Gasteiger partial charge in [-0.3, -0.25) is 14.5 Å². The van der Waals surface area contributed by atoms with Crippen LogP contribution in [0, 0.1) is 12.8 Å². The van der Waals surface area contributed by atoms with Crippen LogP contribution in [-0.2, 0) is 16.8 Å². The molecule has 0 atom stereocenters. The van der Waals surface area contributed by atoms with E-state index in [9.17, 15) is 9.59 Å². The first-order chi connectivity index (χ1) is 19.2. The number of benzene rings is 3. The molecule has 1 aromatic heterocycles. The van der Waals surface area contributed by atoms with Crippen LogP contribution in [0.4, 0.5) is 5.69 Å². The van der Waals surface area contributed by atoms with Crippen LogP contribution in [0.15, 0.2) is 77.3 Å². The molecule has 2 heterocycles. The SMILES string of the molecule is Cc1ccccc1-c1noc(CN2CCC(C(=O)Nc3cccc(C(=O)c4ccc(C(C)(C)C)cc4)c3)CC2)n1. The number of ketones is 1. The summed E-state index contributed by atoms with van der Waals surface area (Å²) in [6.45, 7) is 10.6. The molecule has 1 aliphatic heterocycles. The summed E-state index contributed by atoms with van der Waals surface area (Å²) in [5.74, 6) is 1.02. The van der Waals surface area contributed by atoms with Crippen LogP contribution in [0.1, 0.15) is 66.6 Å². The Morgan fingerprint density at radius 2 is 1.68 bits per heavy atom. The van der Waals surface area contributed by atoms with E-state index in [1.165, 1.54) is 5.56 Å². The number of aryl methyl sites for hydroxylation is 1. The lowest BCUT2D eigenvalue weighted by atomic mass is 9.86. The minimum absolute atomic E-state index is 0.0154. The second-order valence-electron chi connectivity index (χ2n) is 11.6. The van der Waals surface area contributed by atoms with Crippen molar-refractivity contribution in [2.75, 3.05) is 18.4 Å². The van der Waals surface area contributed by atoms with Crippen molar-refractivity contribution >= 4 is 17.4 Å². The number of aromatic nitrogens is 2. The number of rotatable bonds is 7. The minimum Gasteiger partial charge on any atom is -0.338 e. The summed E-state index contributed by atoms with van der Waals surface area (Å²) in [6, 6.07) is 22.9. The molecule has 3 aromatic carbocycles. The molecule has 5 rings (SSSR count). The maximum Gasteiger partial charge on any atom is 0.241 e. The van der Waals surface area contributed by atoms with Crippen molar-refractivity contribution in [2.45, 2.75) is 52.5 Å². The first kappa shape index (κ1) is 27.5. The third-order valence-corrected chi connectivity index (χ3v) is 7.58. The Balaban J connectivity index is 1.14. The van der Waals surface area contributed by atoms with Crippen molar-refractivity contribution in [3.8, 4) is 11.4 Å². The zero-order valence-electron chi connectivity index (χ0n) is 23.6. The Hall–Kier alpha value is -4.10. The summed E-state index contributed by atoms with van der Waals surface area (Å²) in [5.41, 5.74) is 5.11. The Labute approximate surface area is 235 Å². The number of carbonyl (C=O) groups is 2. The fourth-order valence-corrected chi connectivity index (χ4v) is 5.07. The molecule has 0 unspecified atom stereocenters. The predicted octanol–water partition coefficient (Wildman–Crippen LogP) is 6.42. The van der Waals surface area contributed by atoms with Crippen LogP contribution in [0.2, 0.25) is 0 Å². The molecular formula is C33H36N4O3. The standard InChI is InChI=1S/C33H36N4O3/c1-22-8-5-6-11-28(22)31-35-29(40-36-31)21-37-18-16-24(17-19-37)32(39)34-27-10-7-9-25(20-27)30(38)23-12-14-26(15-13-23)33(2,3)4/h5-15,20,24H,16-19,21H2,1-4H3,(H,34,39). The Kier molecular flexibility index (Phi) is 7.94. The highest BCUT2D eigenvalue weighted by atomic mass is 16.5. The summed E-state index contributed by atoms with van der Waals surface area (Å²) < 4.78 is 5.50. The first-order valence-corrected chi connectivity index (χ1v) is 13.8. The quantitative estimate of drug-likeness (QED) is 0.274. The van der Waals surface area contributed by atoms with Gasteiger partial charge in [0, 0.05) is 28.3 Å². The average Bonchev–Trinajstić information content (AvgIpc) is 3.41. The maximum absolute atomic E-state index is 13.1. The van der Waals surface area contributed by atoms with Crippen molar-refractivity contribution in [3.63, 3.8) is 0 Å². The molecule has 40 heavy (non-hydrogen) atoms. The summed E-state index contributed by atoms with van der Waals surface area (Å²) >= 11 is 0. The lowest BCUT2D eigenvalue weighted by Gasteiger charge is -2.30. The summed E-state index contributed by atoms with van der Waals surface area (Å²) in [7, 11) is 0. The van der Waals surface area contributed by atoms with Gasteiger partial charge in [0.05, 0.1) is 6.54 Å². The molecule has 206 valence electrons. The highest BCUT2D eigenvalue weighted by molar-refractivity contribution is 6.09. The number of anilines is 1. The molecule has 1 amide bonds. The van der Waals surface area contributed by atoms with Crippen LogP contribution >= 0.6 is 0 Å². The van der Waals surface area contributed by atoms with Gasteiger partial charge in [0.1, 0.15) is 0 Å². The second-order valence-corrected chi connectivity index (χ2v) is 11.6. The smallest absolute Gasteiger partial charge is 0.241 e. The van der Waals surface area contributed by atoms with E-state index in [0.717, 1.165) is 37.1 Å². The van der Waals surface area contributed by atoms with Gasteiger partial charge in [-0.25, -0.2) is 0 Å². The predicted molar refractivity (Wildman–Crippen MR) is 156 cm³/mol. The summed E-state index contributed by atoms with van der Waals surface area (Å²) in [6.07, 6.45) is 1.48. The van der Waals surface area contributed by atoms with Gasteiger partial charge < -0.3 is 9.84 Å². The van der Waals surface area contributed by atoms with Gasteiger partial charge in [-0.1, -0.05) is 86.6 Å². The van der Waals surface area contributed by atoms with Crippen molar-refractivity contribution in [2.24, 2.45) is 5.92 Å². The highest BCUT2D eigenvalue weighted by Gasteiger charge is 2.26. The fraction of sp³-hybridized carbons (Fsp3) is 0.333. The van der Waals surface area contributed by atoms with Gasteiger partial charge in [-0.2, -0.15) is 4.98 Å². The zero-order chi connectivity index (χ0) is 28.3. The van der Waals surface area contributed by atoms with Crippen molar-refractivity contribution < 1.29 is 14.1 Å². The molecule has 1 fully saturated rings. The summed E-state index contributed by atoms with van der Waals surface area (Å²) in [5, 5.41) is 7.18. The van der Waals surface area contributed by atoms with Gasteiger partial charge >= 0.3 is 0 Å². The molecule has 7 nitrogen and oxygen atoms in total. The normalized spacial score (nSPS) is 14.7. The third-order valence-electron chi connectivity index (χ3n) is 7.58. The molecule has 1 saturated heterocycles.